The van der Waals surface area contributed by atoms with E-state index in [1.165, 1.54) is 0 Å². The van der Waals surface area contributed by atoms with Crippen LogP contribution in [0.15, 0.2) is 29.2 Å². The predicted molar refractivity (Wildman–Crippen MR) is 79.9 cm³/mol. The van der Waals surface area contributed by atoms with Gasteiger partial charge in [-0.25, -0.2) is 4.79 Å². The van der Waals surface area contributed by atoms with Crippen LogP contribution in [-0.4, -0.2) is 36.1 Å². The molecule has 6 heteroatoms. The first-order chi connectivity index (χ1) is 9.08. The van der Waals surface area contributed by atoms with Crippen LogP contribution in [0.25, 0.3) is 0 Å². The zero-order valence-electron chi connectivity index (χ0n) is 10.9. The summed E-state index contributed by atoms with van der Waals surface area (Å²) in [5, 5.41) is 15.2. The summed E-state index contributed by atoms with van der Waals surface area (Å²) < 4.78 is 0. The van der Waals surface area contributed by atoms with Crippen LogP contribution in [0.4, 0.5) is 4.79 Å². The van der Waals surface area contributed by atoms with E-state index < -0.39 is 0 Å². The van der Waals surface area contributed by atoms with E-state index in [9.17, 15) is 4.79 Å². The summed E-state index contributed by atoms with van der Waals surface area (Å²) in [7, 11) is 0. The third-order valence-electron chi connectivity index (χ3n) is 2.32. The Balaban J connectivity index is 2.07. The van der Waals surface area contributed by atoms with Crippen LogP contribution in [0.1, 0.15) is 13.3 Å². The van der Waals surface area contributed by atoms with Crippen molar-refractivity contribution in [1.29, 1.82) is 0 Å². The number of halogens is 1. The van der Waals surface area contributed by atoms with Gasteiger partial charge < -0.3 is 15.7 Å². The van der Waals surface area contributed by atoms with Crippen LogP contribution in [-0.2, 0) is 0 Å². The van der Waals surface area contributed by atoms with Gasteiger partial charge in [-0.05, 0) is 37.6 Å². The highest BCUT2D eigenvalue weighted by molar-refractivity contribution is 7.99. The van der Waals surface area contributed by atoms with E-state index in [0.29, 0.717) is 19.5 Å². The molecule has 0 bridgehead atoms. The number of amides is 2. The van der Waals surface area contributed by atoms with Gasteiger partial charge in [-0.15, -0.1) is 11.8 Å². The Hall–Kier alpha value is -0.910. The third-order valence-corrected chi connectivity index (χ3v) is 3.58. The molecule has 2 amide bonds. The number of urea groups is 1. The summed E-state index contributed by atoms with van der Waals surface area (Å²) in [6.45, 7) is 2.77. The minimum absolute atomic E-state index is 0.197. The first-order valence-corrected chi connectivity index (χ1v) is 7.52. The average Bonchev–Trinajstić information content (AvgIpc) is 2.36. The molecule has 1 aromatic carbocycles. The number of nitrogens with one attached hydrogen (secondary N) is 2. The summed E-state index contributed by atoms with van der Waals surface area (Å²) >= 11 is 7.45. The second-order valence-corrected chi connectivity index (χ2v) is 5.73. The summed E-state index contributed by atoms with van der Waals surface area (Å²) in [5.74, 6) is 0.797. The van der Waals surface area contributed by atoms with E-state index in [-0.39, 0.29) is 12.1 Å². The van der Waals surface area contributed by atoms with Crippen molar-refractivity contribution in [2.45, 2.75) is 24.3 Å². The first-order valence-electron chi connectivity index (χ1n) is 6.16. The molecule has 1 unspecified atom stereocenters. The smallest absolute Gasteiger partial charge is 0.314 e. The summed E-state index contributed by atoms with van der Waals surface area (Å²) in [6, 6.07) is 7.41. The topological polar surface area (TPSA) is 61.4 Å². The second kappa shape index (κ2) is 9.07. The lowest BCUT2D eigenvalue weighted by atomic mass is 10.3. The molecule has 1 aromatic rings. The number of aliphatic hydroxyl groups is 1. The molecule has 1 atom stereocenters. The van der Waals surface area contributed by atoms with Gasteiger partial charge in [0.25, 0.3) is 0 Å². The van der Waals surface area contributed by atoms with E-state index in [0.717, 1.165) is 15.7 Å². The Morgan fingerprint density at radius 3 is 2.58 bits per heavy atom. The normalized spacial score (nSPS) is 11.9. The highest BCUT2D eigenvalue weighted by Gasteiger charge is 2.01. The molecule has 106 valence electrons. The van der Waals surface area contributed by atoms with Crippen molar-refractivity contribution in [3.8, 4) is 0 Å². The molecule has 0 aliphatic carbocycles. The molecule has 0 aromatic heterocycles. The molecular formula is C13H19ClN2O2S. The Labute approximate surface area is 122 Å². The van der Waals surface area contributed by atoms with Gasteiger partial charge in [0.15, 0.2) is 0 Å². The Kier molecular flexibility index (Phi) is 7.70. The molecule has 0 spiro atoms. The van der Waals surface area contributed by atoms with Gasteiger partial charge in [0.2, 0.25) is 0 Å². The summed E-state index contributed by atoms with van der Waals surface area (Å²) in [5.41, 5.74) is 0. The number of hydrogen-bond acceptors (Lipinski definition) is 3. The van der Waals surface area contributed by atoms with Gasteiger partial charge in [-0.1, -0.05) is 11.6 Å². The van der Waals surface area contributed by atoms with Crippen molar-refractivity contribution < 1.29 is 9.90 Å². The van der Waals surface area contributed by atoms with Gasteiger partial charge >= 0.3 is 6.03 Å². The highest BCUT2D eigenvalue weighted by Crippen LogP contribution is 2.19. The number of carbonyl (C=O) groups excluding carboxylic acids is 1. The zero-order chi connectivity index (χ0) is 14.1. The fraction of sp³-hybridized carbons (Fsp3) is 0.462. The lowest BCUT2D eigenvalue weighted by Gasteiger charge is -2.08. The van der Waals surface area contributed by atoms with Crippen LogP contribution >= 0.6 is 23.4 Å². The number of benzene rings is 1. The van der Waals surface area contributed by atoms with Crippen molar-refractivity contribution in [1.82, 2.24) is 10.6 Å². The largest absolute Gasteiger partial charge is 0.393 e. The minimum Gasteiger partial charge on any atom is -0.393 e. The van der Waals surface area contributed by atoms with Gasteiger partial charge in [-0.3, -0.25) is 0 Å². The number of carbonyl (C=O) groups is 1. The monoisotopic (exact) mass is 302 g/mol. The predicted octanol–water partition coefficient (Wildman–Crippen LogP) is 2.50. The van der Waals surface area contributed by atoms with Crippen molar-refractivity contribution in [2.75, 3.05) is 18.8 Å². The fourth-order valence-corrected chi connectivity index (χ4v) is 2.22. The quantitative estimate of drug-likeness (QED) is 0.536. The fourth-order valence-electron chi connectivity index (χ4n) is 1.32. The third kappa shape index (κ3) is 7.97. The highest BCUT2D eigenvalue weighted by atomic mass is 35.5. The molecule has 0 saturated carbocycles. The van der Waals surface area contributed by atoms with E-state index >= 15 is 0 Å². The average molecular weight is 303 g/mol. The molecular weight excluding hydrogens is 284 g/mol. The van der Waals surface area contributed by atoms with Crippen LogP contribution < -0.4 is 10.6 Å². The molecule has 3 N–H and O–H groups in total. The maximum absolute atomic E-state index is 11.3. The van der Waals surface area contributed by atoms with Crippen molar-refractivity contribution in [3.05, 3.63) is 29.3 Å². The van der Waals surface area contributed by atoms with Gasteiger partial charge in [0, 0.05) is 28.8 Å². The molecule has 4 nitrogen and oxygen atoms in total. The maximum atomic E-state index is 11.3. The van der Waals surface area contributed by atoms with Crippen molar-refractivity contribution in [2.24, 2.45) is 0 Å². The second-order valence-electron chi connectivity index (χ2n) is 4.12. The van der Waals surface area contributed by atoms with Crippen molar-refractivity contribution in [3.63, 3.8) is 0 Å². The lowest BCUT2D eigenvalue weighted by molar-refractivity contribution is 0.183. The van der Waals surface area contributed by atoms with Crippen LogP contribution in [0.5, 0.6) is 0 Å². The molecule has 19 heavy (non-hydrogen) atoms. The van der Waals surface area contributed by atoms with E-state index in [2.05, 4.69) is 10.6 Å². The van der Waals surface area contributed by atoms with Gasteiger partial charge in [-0.2, -0.15) is 0 Å². The SMILES string of the molecule is CC(O)CCNC(=O)NCCSc1ccc(Cl)cc1. The van der Waals surface area contributed by atoms with E-state index in [1.807, 2.05) is 24.3 Å². The van der Waals surface area contributed by atoms with Crippen LogP contribution in [0.2, 0.25) is 5.02 Å². The standard InChI is InChI=1S/C13H19ClN2O2S/c1-10(17)6-7-15-13(18)16-8-9-19-12-4-2-11(14)3-5-12/h2-5,10,17H,6-9H2,1H3,(H2,15,16,18). The molecule has 0 radical (unpaired) electrons. The summed E-state index contributed by atoms with van der Waals surface area (Å²) in [6.07, 6.45) is 0.174. The summed E-state index contributed by atoms with van der Waals surface area (Å²) in [4.78, 5) is 12.5. The molecule has 0 fully saturated rings. The lowest BCUT2D eigenvalue weighted by Crippen LogP contribution is -2.37. The first kappa shape index (κ1) is 16.1. The Bertz CT molecular complexity index is 385. The Morgan fingerprint density at radius 1 is 1.32 bits per heavy atom. The van der Waals surface area contributed by atoms with Gasteiger partial charge in [0.1, 0.15) is 0 Å². The molecule has 1 rings (SSSR count). The Morgan fingerprint density at radius 2 is 1.95 bits per heavy atom. The molecule has 0 saturated heterocycles. The minimum atomic E-state index is -0.388. The van der Waals surface area contributed by atoms with Crippen molar-refractivity contribution >= 4 is 29.4 Å². The number of thioether (sulfide) groups is 1. The molecule has 0 aliphatic rings. The molecule has 0 heterocycles. The van der Waals surface area contributed by atoms with Crippen LogP contribution in [0.3, 0.4) is 0 Å². The van der Waals surface area contributed by atoms with Gasteiger partial charge in [0.05, 0.1) is 6.10 Å². The van der Waals surface area contributed by atoms with Crippen LogP contribution in [0, 0.1) is 0 Å². The van der Waals surface area contributed by atoms with E-state index in [1.54, 1.807) is 18.7 Å². The molecule has 0 aliphatic heterocycles. The van der Waals surface area contributed by atoms with E-state index in [4.69, 9.17) is 16.7 Å². The number of aliphatic hydroxyl groups excluding tert-OH is 1. The number of rotatable bonds is 7. The zero-order valence-corrected chi connectivity index (χ0v) is 12.4. The maximum Gasteiger partial charge on any atom is 0.314 e. The number of hydrogen-bond donors (Lipinski definition) is 3.